The van der Waals surface area contributed by atoms with Gasteiger partial charge in [-0.05, 0) is 12.1 Å². The fourth-order valence-corrected chi connectivity index (χ4v) is 3.22. The molecule has 1 atom stereocenters. The molecule has 1 saturated heterocycles. The Labute approximate surface area is 128 Å². The van der Waals surface area contributed by atoms with Crippen LogP contribution >= 0.6 is 11.8 Å². The van der Waals surface area contributed by atoms with Crippen molar-refractivity contribution >= 4 is 22.8 Å². The van der Waals surface area contributed by atoms with Gasteiger partial charge in [0.15, 0.2) is 16.6 Å². The van der Waals surface area contributed by atoms with Gasteiger partial charge in [0.25, 0.3) is 0 Å². The molecule has 0 spiro atoms. The monoisotopic (exact) mass is 309 g/mol. The highest BCUT2D eigenvalue weighted by Gasteiger charge is 2.30. The topological polar surface area (TPSA) is 55.8 Å². The lowest BCUT2D eigenvalue weighted by molar-refractivity contribution is -0.128. The Morgan fingerprint density at radius 3 is 2.76 bits per heavy atom. The minimum atomic E-state index is 0.0555. The number of benzene rings is 1. The Kier molecular flexibility index (Phi) is 5.50. The summed E-state index contributed by atoms with van der Waals surface area (Å²) in [6, 6.07) is 7.41. The van der Waals surface area contributed by atoms with Crippen molar-refractivity contribution in [2.75, 3.05) is 26.8 Å². The fourth-order valence-electron chi connectivity index (χ4n) is 2.27. The number of carbonyl (C=O) groups excluding carboxylic acids is 2. The van der Waals surface area contributed by atoms with Crippen molar-refractivity contribution in [3.05, 3.63) is 24.3 Å². The fraction of sp³-hybridized carbons (Fsp3) is 0.467. The molecule has 1 fully saturated rings. The molecule has 0 saturated carbocycles. The minimum Gasteiger partial charge on any atom is -0.493 e. The Bertz CT molecular complexity index is 520. The van der Waals surface area contributed by atoms with Crippen molar-refractivity contribution in [1.29, 1.82) is 0 Å². The molecule has 2 rings (SSSR count). The quantitative estimate of drug-likeness (QED) is 0.804. The van der Waals surface area contributed by atoms with Gasteiger partial charge in [0.1, 0.15) is 6.61 Å². The van der Waals surface area contributed by atoms with Crippen LogP contribution in [0.25, 0.3) is 0 Å². The molecule has 1 heterocycles. The van der Waals surface area contributed by atoms with E-state index in [1.54, 1.807) is 12.0 Å². The van der Waals surface area contributed by atoms with Gasteiger partial charge in [-0.3, -0.25) is 9.59 Å². The predicted molar refractivity (Wildman–Crippen MR) is 81.7 cm³/mol. The second kappa shape index (κ2) is 7.36. The van der Waals surface area contributed by atoms with E-state index in [-0.39, 0.29) is 16.3 Å². The molecule has 1 aromatic rings. The van der Waals surface area contributed by atoms with Gasteiger partial charge in [-0.2, -0.15) is 0 Å². The summed E-state index contributed by atoms with van der Waals surface area (Å²) in [4.78, 5) is 24.7. The number of amides is 1. The zero-order valence-corrected chi connectivity index (χ0v) is 13.0. The smallest absolute Gasteiger partial charge is 0.223 e. The molecule has 21 heavy (non-hydrogen) atoms. The largest absolute Gasteiger partial charge is 0.493 e. The second-order valence-electron chi connectivity index (χ2n) is 4.77. The lowest BCUT2D eigenvalue weighted by atomic mass is 10.3. The van der Waals surface area contributed by atoms with Gasteiger partial charge in [0, 0.05) is 25.1 Å². The van der Waals surface area contributed by atoms with Crippen LogP contribution in [0.1, 0.15) is 13.3 Å². The van der Waals surface area contributed by atoms with Crippen LogP contribution in [0.5, 0.6) is 11.5 Å². The average Bonchev–Trinajstić information content (AvgIpc) is 2.78. The summed E-state index contributed by atoms with van der Waals surface area (Å²) < 4.78 is 10.9. The summed E-state index contributed by atoms with van der Waals surface area (Å²) >= 11 is 1.24. The standard InChI is InChI=1S/C15H19NO4S/c1-11(17)21-12-9-15(18)16(10-12)7-8-20-14-6-4-3-5-13(14)19-2/h3-6,12H,7-10H2,1-2H3. The van der Waals surface area contributed by atoms with Gasteiger partial charge in [-0.25, -0.2) is 0 Å². The van der Waals surface area contributed by atoms with Crippen LogP contribution in [0.2, 0.25) is 0 Å². The van der Waals surface area contributed by atoms with E-state index in [0.717, 1.165) is 0 Å². The number of rotatable bonds is 6. The van der Waals surface area contributed by atoms with Crippen LogP contribution in [0.4, 0.5) is 0 Å². The highest BCUT2D eigenvalue weighted by molar-refractivity contribution is 8.14. The van der Waals surface area contributed by atoms with Gasteiger partial charge < -0.3 is 14.4 Å². The maximum Gasteiger partial charge on any atom is 0.223 e. The van der Waals surface area contributed by atoms with Crippen LogP contribution in [0.3, 0.4) is 0 Å². The molecule has 0 N–H and O–H groups in total. The first-order valence-electron chi connectivity index (χ1n) is 6.81. The Balaban J connectivity index is 1.81. The number of nitrogens with zero attached hydrogens (tertiary/aromatic N) is 1. The Hall–Kier alpha value is -1.69. The molecule has 0 aliphatic carbocycles. The molecule has 0 radical (unpaired) electrons. The second-order valence-corrected chi connectivity index (χ2v) is 6.25. The number of ether oxygens (including phenoxy) is 2. The zero-order chi connectivity index (χ0) is 15.2. The highest BCUT2D eigenvalue weighted by atomic mass is 32.2. The van der Waals surface area contributed by atoms with E-state index in [4.69, 9.17) is 9.47 Å². The van der Waals surface area contributed by atoms with E-state index in [1.165, 1.54) is 18.7 Å². The molecule has 0 bridgehead atoms. The van der Waals surface area contributed by atoms with Crippen LogP contribution in [-0.4, -0.2) is 48.0 Å². The van der Waals surface area contributed by atoms with Crippen molar-refractivity contribution in [3.8, 4) is 11.5 Å². The Morgan fingerprint density at radius 1 is 1.38 bits per heavy atom. The van der Waals surface area contributed by atoms with Gasteiger partial charge in [-0.15, -0.1) is 0 Å². The summed E-state index contributed by atoms with van der Waals surface area (Å²) in [5.41, 5.74) is 0. The summed E-state index contributed by atoms with van der Waals surface area (Å²) in [5, 5.41) is 0.126. The van der Waals surface area contributed by atoms with Crippen LogP contribution in [0, 0.1) is 0 Å². The highest BCUT2D eigenvalue weighted by Crippen LogP contribution is 2.26. The Morgan fingerprint density at radius 2 is 2.10 bits per heavy atom. The van der Waals surface area contributed by atoms with Gasteiger partial charge in [0.2, 0.25) is 5.91 Å². The summed E-state index contributed by atoms with van der Waals surface area (Å²) in [5.74, 6) is 1.42. The molecule has 1 aromatic carbocycles. The van der Waals surface area contributed by atoms with Crippen molar-refractivity contribution in [1.82, 2.24) is 4.90 Å². The lowest BCUT2D eigenvalue weighted by Gasteiger charge is -2.17. The summed E-state index contributed by atoms with van der Waals surface area (Å²) in [7, 11) is 1.59. The summed E-state index contributed by atoms with van der Waals surface area (Å²) in [6.45, 7) is 3.07. The molecular weight excluding hydrogens is 290 g/mol. The number of hydrogen-bond donors (Lipinski definition) is 0. The molecule has 1 unspecified atom stereocenters. The molecule has 6 heteroatoms. The maximum absolute atomic E-state index is 11.9. The average molecular weight is 309 g/mol. The first-order valence-corrected chi connectivity index (χ1v) is 7.69. The van der Waals surface area contributed by atoms with Crippen LogP contribution in [0.15, 0.2) is 24.3 Å². The van der Waals surface area contributed by atoms with Crippen molar-refractivity contribution in [3.63, 3.8) is 0 Å². The van der Waals surface area contributed by atoms with Gasteiger partial charge in [-0.1, -0.05) is 23.9 Å². The molecule has 114 valence electrons. The molecule has 1 amide bonds. The van der Waals surface area contributed by atoms with Crippen molar-refractivity contribution < 1.29 is 19.1 Å². The van der Waals surface area contributed by atoms with E-state index in [2.05, 4.69) is 0 Å². The third kappa shape index (κ3) is 4.39. The number of methoxy groups -OCH3 is 1. The number of hydrogen-bond acceptors (Lipinski definition) is 5. The number of thioether (sulfide) groups is 1. The van der Waals surface area contributed by atoms with Gasteiger partial charge >= 0.3 is 0 Å². The normalized spacial score (nSPS) is 17.9. The first-order chi connectivity index (χ1) is 10.1. The van der Waals surface area contributed by atoms with E-state index in [0.29, 0.717) is 37.6 Å². The van der Waals surface area contributed by atoms with Crippen LogP contribution in [-0.2, 0) is 9.59 Å². The first kappa shape index (κ1) is 15.7. The minimum absolute atomic E-state index is 0.0555. The lowest BCUT2D eigenvalue weighted by Crippen LogP contribution is -2.30. The van der Waals surface area contributed by atoms with Gasteiger partial charge in [0.05, 0.1) is 13.7 Å². The van der Waals surface area contributed by atoms with Crippen molar-refractivity contribution in [2.24, 2.45) is 0 Å². The molecule has 0 aromatic heterocycles. The van der Waals surface area contributed by atoms with E-state index >= 15 is 0 Å². The number of para-hydroxylation sites is 2. The SMILES string of the molecule is COc1ccccc1OCCN1CC(SC(C)=O)CC1=O. The molecule has 1 aliphatic rings. The van der Waals surface area contributed by atoms with Crippen molar-refractivity contribution in [2.45, 2.75) is 18.6 Å². The third-order valence-corrected chi connectivity index (χ3v) is 4.18. The summed E-state index contributed by atoms with van der Waals surface area (Å²) in [6.07, 6.45) is 0.429. The van der Waals surface area contributed by atoms with E-state index in [9.17, 15) is 9.59 Å². The van der Waals surface area contributed by atoms with E-state index in [1.807, 2.05) is 24.3 Å². The predicted octanol–water partition coefficient (Wildman–Crippen LogP) is 1.95. The van der Waals surface area contributed by atoms with Crippen LogP contribution < -0.4 is 9.47 Å². The number of carbonyl (C=O) groups is 2. The molecule has 5 nitrogen and oxygen atoms in total. The molecular formula is C15H19NO4S. The third-order valence-electron chi connectivity index (χ3n) is 3.20. The zero-order valence-electron chi connectivity index (χ0n) is 12.2. The van der Waals surface area contributed by atoms with E-state index < -0.39 is 0 Å². The molecule has 1 aliphatic heterocycles. The number of likely N-dealkylation sites (tertiary alicyclic amines) is 1. The maximum atomic E-state index is 11.9.